The van der Waals surface area contributed by atoms with Gasteiger partial charge in [0.25, 0.3) is 5.56 Å². The molecule has 4 nitrogen and oxygen atoms in total. The monoisotopic (exact) mass is 349 g/mol. The van der Waals surface area contributed by atoms with Crippen LogP contribution in [0.15, 0.2) is 52.0 Å². The van der Waals surface area contributed by atoms with Gasteiger partial charge in [-0.05, 0) is 28.1 Å². The number of para-hydroxylation sites is 1. The molecule has 0 aliphatic carbocycles. The van der Waals surface area contributed by atoms with E-state index in [4.69, 9.17) is 11.6 Å². The molecule has 0 unspecified atom stereocenters. The van der Waals surface area contributed by atoms with Crippen LogP contribution >= 0.6 is 27.5 Å². The molecule has 0 bridgehead atoms. The van der Waals surface area contributed by atoms with E-state index in [1.807, 2.05) is 36.4 Å². The number of rotatable bonds is 2. The minimum absolute atomic E-state index is 0.165. The summed E-state index contributed by atoms with van der Waals surface area (Å²) in [6.07, 6.45) is 1.42. The predicted molar refractivity (Wildman–Crippen MR) is 82.1 cm³/mol. The molecule has 0 saturated heterocycles. The summed E-state index contributed by atoms with van der Waals surface area (Å²) < 4.78 is 1.73. The van der Waals surface area contributed by atoms with Gasteiger partial charge in [-0.15, -0.1) is 0 Å². The lowest BCUT2D eigenvalue weighted by Gasteiger charge is -2.06. The Morgan fingerprint density at radius 1 is 1.20 bits per heavy atom. The number of halogens is 2. The minimum Gasteiger partial charge on any atom is -0.292 e. The van der Waals surface area contributed by atoms with Crippen LogP contribution in [0.1, 0.15) is 5.69 Å². The van der Waals surface area contributed by atoms with Crippen LogP contribution in [-0.4, -0.2) is 14.5 Å². The van der Waals surface area contributed by atoms with Gasteiger partial charge >= 0.3 is 0 Å². The van der Waals surface area contributed by atoms with E-state index in [-0.39, 0.29) is 15.2 Å². The summed E-state index contributed by atoms with van der Waals surface area (Å²) >= 11 is 8.91. The molecule has 0 aliphatic rings. The molecule has 6 heteroatoms. The Labute approximate surface area is 128 Å². The summed E-state index contributed by atoms with van der Waals surface area (Å²) in [4.78, 5) is 20.5. The van der Waals surface area contributed by atoms with Crippen molar-refractivity contribution in [2.24, 2.45) is 0 Å². The molecule has 0 radical (unpaired) electrons. The molecule has 1 aromatic carbocycles. The first-order valence-corrected chi connectivity index (χ1v) is 7.07. The van der Waals surface area contributed by atoms with Crippen LogP contribution in [0.25, 0.3) is 10.9 Å². The summed E-state index contributed by atoms with van der Waals surface area (Å²) in [5.74, 6) is 0. The van der Waals surface area contributed by atoms with E-state index in [2.05, 4.69) is 25.9 Å². The van der Waals surface area contributed by atoms with E-state index < -0.39 is 0 Å². The van der Waals surface area contributed by atoms with E-state index in [9.17, 15) is 4.79 Å². The number of hydrogen-bond acceptors (Lipinski definition) is 3. The zero-order valence-electron chi connectivity index (χ0n) is 10.3. The maximum Gasteiger partial charge on any atom is 0.269 e. The Balaban J connectivity index is 2.01. The van der Waals surface area contributed by atoms with Gasteiger partial charge in [-0.1, -0.05) is 35.9 Å². The van der Waals surface area contributed by atoms with Crippen molar-refractivity contribution in [2.45, 2.75) is 6.54 Å². The van der Waals surface area contributed by atoms with Crippen LogP contribution in [0.4, 0.5) is 0 Å². The number of hydrogen-bond donors (Lipinski definition) is 0. The SMILES string of the molecule is O=c1c(Br)c(Cl)ncn1Cc1ccc2ccccc2n1. The zero-order chi connectivity index (χ0) is 14.1. The van der Waals surface area contributed by atoms with E-state index in [1.54, 1.807) is 0 Å². The highest BCUT2D eigenvalue weighted by Crippen LogP contribution is 2.15. The Morgan fingerprint density at radius 2 is 2.00 bits per heavy atom. The number of pyridine rings is 1. The molecule has 0 amide bonds. The molecule has 20 heavy (non-hydrogen) atoms. The lowest BCUT2D eigenvalue weighted by atomic mass is 10.2. The van der Waals surface area contributed by atoms with Crippen molar-refractivity contribution >= 4 is 38.4 Å². The lowest BCUT2D eigenvalue weighted by molar-refractivity contribution is 0.717. The van der Waals surface area contributed by atoms with Gasteiger partial charge in [-0.25, -0.2) is 4.98 Å². The molecule has 0 atom stereocenters. The highest BCUT2D eigenvalue weighted by atomic mass is 79.9. The highest BCUT2D eigenvalue weighted by molar-refractivity contribution is 9.10. The van der Waals surface area contributed by atoms with Gasteiger partial charge in [0.15, 0.2) is 5.15 Å². The Morgan fingerprint density at radius 3 is 2.85 bits per heavy atom. The van der Waals surface area contributed by atoms with E-state index >= 15 is 0 Å². The third-order valence-corrected chi connectivity index (χ3v) is 4.16. The Bertz CT molecular complexity index is 847. The maximum absolute atomic E-state index is 12.0. The standard InChI is InChI=1S/C14H9BrClN3O/c15-12-13(16)17-8-19(14(12)20)7-10-6-5-9-3-1-2-4-11(9)18-10/h1-6,8H,7H2. The van der Waals surface area contributed by atoms with E-state index in [1.165, 1.54) is 10.9 Å². The third kappa shape index (κ3) is 2.46. The molecule has 2 aromatic heterocycles. The van der Waals surface area contributed by atoms with E-state index in [0.29, 0.717) is 6.54 Å². The molecule has 3 rings (SSSR count). The summed E-state index contributed by atoms with van der Waals surface area (Å²) in [7, 11) is 0. The highest BCUT2D eigenvalue weighted by Gasteiger charge is 2.08. The van der Waals surface area contributed by atoms with Crippen LogP contribution in [0, 0.1) is 0 Å². The van der Waals surface area contributed by atoms with Crippen LogP contribution in [-0.2, 0) is 6.54 Å². The first-order chi connectivity index (χ1) is 9.65. The summed E-state index contributed by atoms with van der Waals surface area (Å²) in [5.41, 5.74) is 1.47. The number of fused-ring (bicyclic) bond motifs is 1. The molecule has 0 fully saturated rings. The Kier molecular flexibility index (Phi) is 3.54. The quantitative estimate of drug-likeness (QED) is 0.667. The molecular formula is C14H9BrClN3O. The maximum atomic E-state index is 12.0. The molecule has 0 aliphatic heterocycles. The number of benzene rings is 1. The second kappa shape index (κ2) is 5.34. The smallest absolute Gasteiger partial charge is 0.269 e. The molecule has 2 heterocycles. The second-order valence-electron chi connectivity index (χ2n) is 4.28. The van der Waals surface area contributed by atoms with Crippen molar-refractivity contribution in [3.8, 4) is 0 Å². The van der Waals surface area contributed by atoms with Crippen molar-refractivity contribution in [2.75, 3.05) is 0 Å². The largest absolute Gasteiger partial charge is 0.292 e. The van der Waals surface area contributed by atoms with Gasteiger partial charge in [0, 0.05) is 5.39 Å². The second-order valence-corrected chi connectivity index (χ2v) is 5.43. The Hall–Kier alpha value is -1.72. The van der Waals surface area contributed by atoms with Gasteiger partial charge in [0.05, 0.1) is 24.1 Å². The average molecular weight is 351 g/mol. The number of aromatic nitrogens is 3. The summed E-state index contributed by atoms with van der Waals surface area (Å²) in [6, 6.07) is 11.7. The van der Waals surface area contributed by atoms with Crippen molar-refractivity contribution in [3.05, 3.63) is 68.4 Å². The van der Waals surface area contributed by atoms with Gasteiger partial charge in [0.1, 0.15) is 4.47 Å². The molecule has 0 saturated carbocycles. The molecule has 3 aromatic rings. The fraction of sp³-hybridized carbons (Fsp3) is 0.0714. The fourth-order valence-corrected chi connectivity index (χ4v) is 2.38. The zero-order valence-corrected chi connectivity index (χ0v) is 12.6. The van der Waals surface area contributed by atoms with Gasteiger partial charge in [0.2, 0.25) is 0 Å². The molecular weight excluding hydrogens is 342 g/mol. The minimum atomic E-state index is -0.222. The van der Waals surface area contributed by atoms with Gasteiger partial charge < -0.3 is 0 Å². The number of nitrogens with zero attached hydrogens (tertiary/aromatic N) is 3. The van der Waals surface area contributed by atoms with E-state index in [0.717, 1.165) is 16.6 Å². The predicted octanol–water partition coefficient (Wildman–Crippen LogP) is 3.26. The van der Waals surface area contributed by atoms with Gasteiger partial charge in [-0.2, -0.15) is 0 Å². The topological polar surface area (TPSA) is 47.8 Å². The van der Waals surface area contributed by atoms with Crippen LogP contribution in [0.5, 0.6) is 0 Å². The van der Waals surface area contributed by atoms with Crippen LogP contribution in [0.2, 0.25) is 5.15 Å². The average Bonchev–Trinajstić information content (AvgIpc) is 2.48. The fourth-order valence-electron chi connectivity index (χ4n) is 1.93. The first-order valence-electron chi connectivity index (χ1n) is 5.90. The van der Waals surface area contributed by atoms with Crippen molar-refractivity contribution in [1.82, 2.24) is 14.5 Å². The molecule has 0 spiro atoms. The molecule has 0 N–H and O–H groups in total. The van der Waals surface area contributed by atoms with Crippen molar-refractivity contribution in [1.29, 1.82) is 0 Å². The van der Waals surface area contributed by atoms with Gasteiger partial charge in [-0.3, -0.25) is 14.3 Å². The first kappa shape index (κ1) is 13.3. The molecule has 100 valence electrons. The third-order valence-electron chi connectivity index (χ3n) is 2.93. The summed E-state index contributed by atoms with van der Waals surface area (Å²) in [5, 5.41) is 1.23. The summed E-state index contributed by atoms with van der Waals surface area (Å²) in [6.45, 7) is 0.354. The van der Waals surface area contributed by atoms with Crippen molar-refractivity contribution < 1.29 is 0 Å². The van der Waals surface area contributed by atoms with Crippen molar-refractivity contribution in [3.63, 3.8) is 0 Å². The normalized spacial score (nSPS) is 10.9. The lowest BCUT2D eigenvalue weighted by Crippen LogP contribution is -2.22. The van der Waals surface area contributed by atoms with Crippen LogP contribution < -0.4 is 5.56 Å². The van der Waals surface area contributed by atoms with Crippen LogP contribution in [0.3, 0.4) is 0 Å².